The summed E-state index contributed by atoms with van der Waals surface area (Å²) in [5.74, 6) is 0. The van der Waals surface area contributed by atoms with E-state index in [9.17, 15) is 0 Å². The quantitative estimate of drug-likeness (QED) is 0.411. The van der Waals surface area contributed by atoms with Crippen LogP contribution in [0.1, 0.15) is 30.2 Å². The van der Waals surface area contributed by atoms with E-state index in [1.165, 1.54) is 22.0 Å². The standard InChI is InChI=1S/C10H13Br.C6H5I/c1-2-6-10(11)9-7-4-3-5-8-9;7-6-4-2-1-3-5-6/h3-5,7-8,10H,2,6H2,1H3;1-5H. The van der Waals surface area contributed by atoms with Gasteiger partial charge < -0.3 is 0 Å². The molecule has 2 aromatic rings. The molecule has 0 N–H and O–H groups in total. The zero-order valence-electron chi connectivity index (χ0n) is 10.5. The molecule has 0 nitrogen and oxygen atoms in total. The molecule has 0 radical (unpaired) electrons. The SMILES string of the molecule is CCCC(Br)c1ccccc1.Ic1ccccc1. The fourth-order valence-corrected chi connectivity index (χ4v) is 2.67. The van der Waals surface area contributed by atoms with Gasteiger partial charge in [0, 0.05) is 8.40 Å². The lowest BCUT2D eigenvalue weighted by molar-refractivity contribution is 0.788. The zero-order valence-corrected chi connectivity index (χ0v) is 14.3. The van der Waals surface area contributed by atoms with Gasteiger partial charge in [-0.3, -0.25) is 0 Å². The van der Waals surface area contributed by atoms with Gasteiger partial charge in [-0.05, 0) is 46.7 Å². The van der Waals surface area contributed by atoms with E-state index in [-0.39, 0.29) is 0 Å². The van der Waals surface area contributed by atoms with Gasteiger partial charge in [-0.25, -0.2) is 0 Å². The highest BCUT2D eigenvalue weighted by molar-refractivity contribution is 14.1. The maximum absolute atomic E-state index is 3.65. The van der Waals surface area contributed by atoms with E-state index in [1.54, 1.807) is 0 Å². The Morgan fingerprint density at radius 3 is 1.83 bits per heavy atom. The van der Waals surface area contributed by atoms with Crippen molar-refractivity contribution in [2.75, 3.05) is 0 Å². The first-order chi connectivity index (χ1) is 8.74. The lowest BCUT2D eigenvalue weighted by atomic mass is 10.1. The molecule has 0 saturated carbocycles. The molecule has 2 aromatic carbocycles. The Morgan fingerprint density at radius 2 is 1.44 bits per heavy atom. The minimum absolute atomic E-state index is 0.536. The van der Waals surface area contributed by atoms with Crippen LogP contribution in [-0.4, -0.2) is 0 Å². The van der Waals surface area contributed by atoms with Crippen molar-refractivity contribution in [1.82, 2.24) is 0 Å². The summed E-state index contributed by atoms with van der Waals surface area (Å²) >= 11 is 5.93. The smallest absolute Gasteiger partial charge is 0.0395 e. The van der Waals surface area contributed by atoms with Crippen LogP contribution >= 0.6 is 38.5 Å². The summed E-state index contributed by atoms with van der Waals surface area (Å²) in [5, 5.41) is 0. The summed E-state index contributed by atoms with van der Waals surface area (Å²) in [4.78, 5) is 0.536. The van der Waals surface area contributed by atoms with Crippen molar-refractivity contribution in [1.29, 1.82) is 0 Å². The van der Waals surface area contributed by atoms with Crippen LogP contribution in [0.25, 0.3) is 0 Å². The van der Waals surface area contributed by atoms with Gasteiger partial charge in [0.05, 0.1) is 0 Å². The Bertz CT molecular complexity index is 414. The largest absolute Gasteiger partial charge is 0.0839 e. The molecule has 96 valence electrons. The monoisotopic (exact) mass is 416 g/mol. The fraction of sp³-hybridized carbons (Fsp3) is 0.250. The lowest BCUT2D eigenvalue weighted by Gasteiger charge is -2.07. The highest BCUT2D eigenvalue weighted by atomic mass is 127. The Hall–Kier alpha value is -0.350. The first kappa shape index (κ1) is 15.7. The first-order valence-corrected chi connectivity index (χ1v) is 8.13. The van der Waals surface area contributed by atoms with Crippen LogP contribution in [0.3, 0.4) is 0 Å². The highest BCUT2D eigenvalue weighted by Gasteiger charge is 2.03. The van der Waals surface area contributed by atoms with Crippen molar-refractivity contribution in [3.05, 3.63) is 69.8 Å². The Morgan fingerprint density at radius 1 is 0.944 bits per heavy atom. The van der Waals surface area contributed by atoms with Crippen molar-refractivity contribution in [3.8, 4) is 0 Å². The van der Waals surface area contributed by atoms with Gasteiger partial charge in [-0.15, -0.1) is 0 Å². The molecule has 0 heterocycles. The molecule has 0 bridgehead atoms. The minimum Gasteiger partial charge on any atom is -0.0839 e. The third-order valence-corrected chi connectivity index (χ3v) is 4.14. The molecule has 0 aliphatic heterocycles. The van der Waals surface area contributed by atoms with E-state index in [1.807, 2.05) is 18.2 Å². The van der Waals surface area contributed by atoms with Crippen molar-refractivity contribution in [2.45, 2.75) is 24.6 Å². The Kier molecular flexibility index (Phi) is 8.34. The molecular formula is C16H18BrI. The molecule has 2 heteroatoms. The van der Waals surface area contributed by atoms with Gasteiger partial charge in [0.15, 0.2) is 0 Å². The summed E-state index contributed by atoms with van der Waals surface area (Å²) in [5.41, 5.74) is 1.38. The van der Waals surface area contributed by atoms with E-state index in [4.69, 9.17) is 0 Å². The van der Waals surface area contributed by atoms with Crippen LogP contribution in [0.2, 0.25) is 0 Å². The molecule has 0 spiro atoms. The van der Waals surface area contributed by atoms with Crippen LogP contribution in [0.4, 0.5) is 0 Å². The molecule has 2 rings (SSSR count). The van der Waals surface area contributed by atoms with Crippen LogP contribution in [0, 0.1) is 3.57 Å². The summed E-state index contributed by atoms with van der Waals surface area (Å²) < 4.78 is 1.29. The van der Waals surface area contributed by atoms with Crippen LogP contribution in [0.5, 0.6) is 0 Å². The molecule has 1 atom stereocenters. The molecule has 1 unspecified atom stereocenters. The molecule has 0 aliphatic rings. The predicted octanol–water partition coefficient (Wildman–Crippen LogP) is 6.21. The van der Waals surface area contributed by atoms with Crippen molar-refractivity contribution in [2.24, 2.45) is 0 Å². The highest BCUT2D eigenvalue weighted by Crippen LogP contribution is 2.26. The number of hydrogen-bond donors (Lipinski definition) is 0. The second-order valence-electron chi connectivity index (χ2n) is 3.96. The second-order valence-corrected chi connectivity index (χ2v) is 6.31. The number of benzene rings is 2. The molecule has 0 saturated heterocycles. The minimum atomic E-state index is 0.536. The van der Waals surface area contributed by atoms with Crippen molar-refractivity contribution >= 4 is 38.5 Å². The van der Waals surface area contributed by atoms with Gasteiger partial charge in [0.2, 0.25) is 0 Å². The zero-order chi connectivity index (χ0) is 13.2. The number of rotatable bonds is 3. The number of alkyl halides is 1. The maximum atomic E-state index is 3.65. The molecule has 0 fully saturated rings. The lowest BCUT2D eigenvalue weighted by Crippen LogP contribution is -1.87. The van der Waals surface area contributed by atoms with Gasteiger partial charge in [0.25, 0.3) is 0 Å². The third kappa shape index (κ3) is 6.55. The van der Waals surface area contributed by atoms with Crippen LogP contribution < -0.4 is 0 Å². The summed E-state index contributed by atoms with van der Waals surface area (Å²) in [6.07, 6.45) is 2.44. The van der Waals surface area contributed by atoms with Crippen molar-refractivity contribution < 1.29 is 0 Å². The predicted molar refractivity (Wildman–Crippen MR) is 92.2 cm³/mol. The van der Waals surface area contributed by atoms with E-state index in [0.717, 1.165) is 0 Å². The summed E-state index contributed by atoms with van der Waals surface area (Å²) in [7, 11) is 0. The number of halogens is 2. The van der Waals surface area contributed by atoms with E-state index in [0.29, 0.717) is 4.83 Å². The molecule has 0 amide bonds. The molecule has 0 aromatic heterocycles. The van der Waals surface area contributed by atoms with Gasteiger partial charge in [-0.1, -0.05) is 77.8 Å². The van der Waals surface area contributed by atoms with Gasteiger partial charge in [0.1, 0.15) is 0 Å². The average molecular weight is 417 g/mol. The molecule has 18 heavy (non-hydrogen) atoms. The Balaban J connectivity index is 0.000000199. The van der Waals surface area contributed by atoms with E-state index >= 15 is 0 Å². The van der Waals surface area contributed by atoms with E-state index in [2.05, 4.69) is 87.9 Å². The first-order valence-electron chi connectivity index (χ1n) is 6.13. The maximum Gasteiger partial charge on any atom is 0.0395 e. The topological polar surface area (TPSA) is 0 Å². The van der Waals surface area contributed by atoms with E-state index < -0.39 is 0 Å². The average Bonchev–Trinajstić information content (AvgIpc) is 2.42. The third-order valence-electron chi connectivity index (χ3n) is 2.44. The van der Waals surface area contributed by atoms with Gasteiger partial charge in [-0.2, -0.15) is 0 Å². The fourth-order valence-electron chi connectivity index (χ4n) is 1.50. The molecular weight excluding hydrogens is 399 g/mol. The number of hydrogen-bond acceptors (Lipinski definition) is 0. The normalized spacial score (nSPS) is 11.3. The van der Waals surface area contributed by atoms with Crippen molar-refractivity contribution in [3.63, 3.8) is 0 Å². The summed E-state index contributed by atoms with van der Waals surface area (Å²) in [6, 6.07) is 20.8. The van der Waals surface area contributed by atoms with Gasteiger partial charge >= 0.3 is 0 Å². The molecule has 0 aliphatic carbocycles. The van der Waals surface area contributed by atoms with Crippen LogP contribution in [0.15, 0.2) is 60.7 Å². The van der Waals surface area contributed by atoms with Crippen LogP contribution in [-0.2, 0) is 0 Å². The summed E-state index contributed by atoms with van der Waals surface area (Å²) in [6.45, 7) is 2.21. The second kappa shape index (κ2) is 9.56. The Labute approximate surface area is 132 Å².